The van der Waals surface area contributed by atoms with Crippen molar-refractivity contribution in [2.24, 2.45) is 0 Å². The molecule has 0 radical (unpaired) electrons. The fourth-order valence-corrected chi connectivity index (χ4v) is 1.89. The Balaban J connectivity index is 2.03. The highest BCUT2D eigenvalue weighted by atomic mass is 19.2. The van der Waals surface area contributed by atoms with E-state index in [1.165, 1.54) is 14.0 Å². The summed E-state index contributed by atoms with van der Waals surface area (Å²) in [4.78, 5) is 24.0. The van der Waals surface area contributed by atoms with Crippen molar-refractivity contribution in [3.05, 3.63) is 59.7 Å². The largest absolute Gasteiger partial charge is 0.495 e. The minimum atomic E-state index is -1.17. The molecule has 7 heteroatoms. The summed E-state index contributed by atoms with van der Waals surface area (Å²) < 4.78 is 36.1. The van der Waals surface area contributed by atoms with Crippen LogP contribution in [0.4, 0.5) is 14.5 Å². The smallest absolute Gasteiger partial charge is 0.339 e. The van der Waals surface area contributed by atoms with E-state index in [0.29, 0.717) is 17.5 Å². The molecule has 1 N–H and O–H groups in total. The van der Waals surface area contributed by atoms with E-state index < -0.39 is 29.6 Å². The summed E-state index contributed by atoms with van der Waals surface area (Å²) in [6, 6.07) is 9.32. The molecule has 0 saturated carbocycles. The Morgan fingerprint density at radius 2 is 1.79 bits per heavy atom. The molecule has 0 aliphatic carbocycles. The van der Waals surface area contributed by atoms with Gasteiger partial charge in [-0.2, -0.15) is 0 Å². The minimum Gasteiger partial charge on any atom is -0.495 e. The van der Waals surface area contributed by atoms with E-state index in [1.807, 2.05) is 0 Å². The first-order valence-corrected chi connectivity index (χ1v) is 7.02. The van der Waals surface area contributed by atoms with Crippen molar-refractivity contribution in [2.75, 3.05) is 12.4 Å². The maximum Gasteiger partial charge on any atom is 0.339 e. The monoisotopic (exact) mass is 335 g/mol. The van der Waals surface area contributed by atoms with Crippen LogP contribution in [0.25, 0.3) is 0 Å². The number of para-hydroxylation sites is 2. The van der Waals surface area contributed by atoms with Gasteiger partial charge in [0.2, 0.25) is 0 Å². The second kappa shape index (κ2) is 7.54. The maximum absolute atomic E-state index is 13.1. The van der Waals surface area contributed by atoms with Gasteiger partial charge in [-0.3, -0.25) is 4.79 Å². The van der Waals surface area contributed by atoms with Gasteiger partial charge in [-0.05, 0) is 37.3 Å². The number of amides is 1. The Kier molecular flexibility index (Phi) is 5.47. The van der Waals surface area contributed by atoms with Crippen molar-refractivity contribution in [1.29, 1.82) is 0 Å². The average molecular weight is 335 g/mol. The number of carbonyl (C=O) groups is 2. The molecule has 126 valence electrons. The molecule has 0 bridgehead atoms. The lowest BCUT2D eigenvalue weighted by molar-refractivity contribution is -0.123. The number of nitrogens with one attached hydrogen (secondary N) is 1. The van der Waals surface area contributed by atoms with Gasteiger partial charge < -0.3 is 14.8 Å². The molecule has 0 aliphatic heterocycles. The number of esters is 1. The van der Waals surface area contributed by atoms with Crippen molar-refractivity contribution in [3.8, 4) is 5.75 Å². The molecule has 24 heavy (non-hydrogen) atoms. The number of methoxy groups -OCH3 is 1. The van der Waals surface area contributed by atoms with Crippen LogP contribution in [-0.2, 0) is 9.53 Å². The molecule has 0 saturated heterocycles. The number of rotatable bonds is 5. The SMILES string of the molecule is COc1ccccc1NC(=O)[C@@H](C)OC(=O)c1ccc(F)c(F)c1. The van der Waals surface area contributed by atoms with Crippen molar-refractivity contribution >= 4 is 17.6 Å². The van der Waals surface area contributed by atoms with Gasteiger partial charge in [-0.15, -0.1) is 0 Å². The van der Waals surface area contributed by atoms with Gasteiger partial charge in [0.1, 0.15) is 5.75 Å². The highest BCUT2D eigenvalue weighted by molar-refractivity contribution is 5.98. The van der Waals surface area contributed by atoms with Crippen LogP contribution in [0, 0.1) is 11.6 Å². The maximum atomic E-state index is 13.1. The topological polar surface area (TPSA) is 64.6 Å². The number of hydrogen-bond acceptors (Lipinski definition) is 4. The fraction of sp³-hybridized carbons (Fsp3) is 0.176. The van der Waals surface area contributed by atoms with Crippen molar-refractivity contribution in [3.63, 3.8) is 0 Å². The van der Waals surface area contributed by atoms with E-state index in [2.05, 4.69) is 5.32 Å². The van der Waals surface area contributed by atoms with E-state index >= 15 is 0 Å². The zero-order valence-electron chi connectivity index (χ0n) is 13.0. The third-order valence-corrected chi connectivity index (χ3v) is 3.17. The first-order chi connectivity index (χ1) is 11.4. The van der Waals surface area contributed by atoms with Gasteiger partial charge in [0.15, 0.2) is 17.7 Å². The lowest BCUT2D eigenvalue weighted by Gasteiger charge is -2.15. The van der Waals surface area contributed by atoms with Crippen LogP contribution in [0.2, 0.25) is 0 Å². The fourth-order valence-electron chi connectivity index (χ4n) is 1.89. The van der Waals surface area contributed by atoms with Gasteiger partial charge in [0.05, 0.1) is 18.4 Å². The van der Waals surface area contributed by atoms with Crippen molar-refractivity contribution < 1.29 is 27.8 Å². The van der Waals surface area contributed by atoms with Crippen LogP contribution in [-0.4, -0.2) is 25.1 Å². The summed E-state index contributed by atoms with van der Waals surface area (Å²) >= 11 is 0. The van der Waals surface area contributed by atoms with Gasteiger partial charge >= 0.3 is 5.97 Å². The Bertz CT molecular complexity index is 764. The Hall–Kier alpha value is -2.96. The molecule has 0 heterocycles. The number of carbonyl (C=O) groups excluding carboxylic acids is 2. The zero-order valence-corrected chi connectivity index (χ0v) is 13.0. The molecule has 1 atom stereocenters. The summed E-state index contributed by atoms with van der Waals surface area (Å²) in [6.07, 6.45) is -1.14. The van der Waals surface area contributed by atoms with Gasteiger partial charge in [0, 0.05) is 0 Å². The molecular formula is C17H15F2NO4. The Labute approximate surface area is 137 Å². The molecule has 0 unspecified atom stereocenters. The number of hydrogen-bond donors (Lipinski definition) is 1. The van der Waals surface area contributed by atoms with Crippen molar-refractivity contribution in [2.45, 2.75) is 13.0 Å². The first-order valence-electron chi connectivity index (χ1n) is 7.02. The third kappa shape index (κ3) is 4.07. The summed E-state index contributed by atoms with van der Waals surface area (Å²) in [5, 5.41) is 2.56. The molecule has 0 aromatic heterocycles. The predicted molar refractivity (Wildman–Crippen MR) is 82.9 cm³/mol. The third-order valence-electron chi connectivity index (χ3n) is 3.17. The lowest BCUT2D eigenvalue weighted by Crippen LogP contribution is -2.30. The van der Waals surface area contributed by atoms with Gasteiger partial charge in [0.25, 0.3) is 5.91 Å². The van der Waals surface area contributed by atoms with Crippen LogP contribution in [0.1, 0.15) is 17.3 Å². The van der Waals surface area contributed by atoms with Crippen LogP contribution < -0.4 is 10.1 Å². The van der Waals surface area contributed by atoms with Crippen LogP contribution in [0.15, 0.2) is 42.5 Å². The van der Waals surface area contributed by atoms with E-state index in [1.54, 1.807) is 24.3 Å². The molecule has 1 amide bonds. The normalized spacial score (nSPS) is 11.5. The van der Waals surface area contributed by atoms with Crippen LogP contribution >= 0.6 is 0 Å². The molecule has 2 aromatic carbocycles. The van der Waals surface area contributed by atoms with Gasteiger partial charge in [-0.1, -0.05) is 12.1 Å². The highest BCUT2D eigenvalue weighted by Gasteiger charge is 2.20. The molecule has 2 aromatic rings. The molecule has 0 aliphatic rings. The van der Waals surface area contributed by atoms with E-state index in [-0.39, 0.29) is 5.56 Å². The number of anilines is 1. The molecular weight excluding hydrogens is 320 g/mol. The Morgan fingerprint density at radius 1 is 1.08 bits per heavy atom. The zero-order chi connectivity index (χ0) is 17.7. The van der Waals surface area contributed by atoms with E-state index in [4.69, 9.17) is 9.47 Å². The standard InChI is InChI=1S/C17H15F2NO4/c1-10(16(21)20-14-5-3-4-6-15(14)23-2)24-17(22)11-7-8-12(18)13(19)9-11/h3-10H,1-2H3,(H,20,21)/t10-/m1/s1. The first kappa shape index (κ1) is 17.4. The summed E-state index contributed by atoms with van der Waals surface area (Å²) in [5.74, 6) is -3.32. The molecule has 2 rings (SSSR count). The number of ether oxygens (including phenoxy) is 2. The summed E-state index contributed by atoms with van der Waals surface area (Å²) in [6.45, 7) is 1.36. The van der Waals surface area contributed by atoms with Crippen LogP contribution in [0.5, 0.6) is 5.75 Å². The second-order valence-electron chi connectivity index (χ2n) is 4.87. The highest BCUT2D eigenvalue weighted by Crippen LogP contribution is 2.23. The Morgan fingerprint density at radius 3 is 2.46 bits per heavy atom. The second-order valence-corrected chi connectivity index (χ2v) is 4.87. The summed E-state index contributed by atoms with van der Waals surface area (Å²) in [5.41, 5.74) is 0.228. The molecule has 0 fully saturated rings. The quantitative estimate of drug-likeness (QED) is 0.853. The van der Waals surface area contributed by atoms with E-state index in [0.717, 1.165) is 12.1 Å². The molecule has 0 spiro atoms. The number of benzene rings is 2. The molecule has 5 nitrogen and oxygen atoms in total. The lowest BCUT2D eigenvalue weighted by atomic mass is 10.2. The predicted octanol–water partition coefficient (Wildman–Crippen LogP) is 3.16. The van der Waals surface area contributed by atoms with Crippen LogP contribution in [0.3, 0.4) is 0 Å². The van der Waals surface area contributed by atoms with Gasteiger partial charge in [-0.25, -0.2) is 13.6 Å². The summed E-state index contributed by atoms with van der Waals surface area (Å²) in [7, 11) is 1.46. The van der Waals surface area contributed by atoms with E-state index in [9.17, 15) is 18.4 Å². The average Bonchev–Trinajstić information content (AvgIpc) is 2.57. The number of halogens is 2. The minimum absolute atomic E-state index is 0.189. The van der Waals surface area contributed by atoms with Crippen molar-refractivity contribution in [1.82, 2.24) is 0 Å².